The van der Waals surface area contributed by atoms with Gasteiger partial charge in [0, 0.05) is 25.6 Å². The smallest absolute Gasteiger partial charge is 0.218 e. The van der Waals surface area contributed by atoms with Crippen LogP contribution in [0.4, 0.5) is 5.82 Å². The molecule has 0 aromatic carbocycles. The molecule has 0 saturated heterocycles. The van der Waals surface area contributed by atoms with Crippen molar-refractivity contribution in [2.24, 2.45) is 5.92 Å². The van der Waals surface area contributed by atoms with Gasteiger partial charge in [0.25, 0.3) is 0 Å². The first kappa shape index (κ1) is 16.7. The van der Waals surface area contributed by atoms with Gasteiger partial charge < -0.3 is 14.8 Å². The summed E-state index contributed by atoms with van der Waals surface area (Å²) in [4.78, 5) is 8.94. The molecule has 20 heavy (non-hydrogen) atoms. The Hall–Kier alpha value is -1.36. The quantitative estimate of drug-likeness (QED) is 0.705. The number of nitrogens with zero attached hydrogens (tertiary/aromatic N) is 2. The van der Waals surface area contributed by atoms with Crippen molar-refractivity contribution in [2.45, 2.75) is 40.0 Å². The van der Waals surface area contributed by atoms with Crippen LogP contribution in [0.3, 0.4) is 0 Å². The van der Waals surface area contributed by atoms with Crippen LogP contribution in [-0.4, -0.2) is 36.8 Å². The molecule has 0 saturated carbocycles. The molecule has 0 aliphatic heterocycles. The number of aromatic nitrogens is 2. The Balaban J connectivity index is 2.71. The largest absolute Gasteiger partial charge is 0.475 e. The van der Waals surface area contributed by atoms with Crippen LogP contribution >= 0.6 is 0 Å². The van der Waals surface area contributed by atoms with Gasteiger partial charge in [-0.2, -0.15) is 4.98 Å². The van der Waals surface area contributed by atoms with Gasteiger partial charge in [0.2, 0.25) is 5.88 Å². The summed E-state index contributed by atoms with van der Waals surface area (Å²) in [7, 11) is 1.65. The second kappa shape index (κ2) is 8.74. The van der Waals surface area contributed by atoms with Gasteiger partial charge in [-0.15, -0.1) is 0 Å². The summed E-state index contributed by atoms with van der Waals surface area (Å²) in [5.41, 5.74) is 0. The number of nitrogens with one attached hydrogen (secondary N) is 1. The van der Waals surface area contributed by atoms with Crippen molar-refractivity contribution in [3.63, 3.8) is 0 Å². The Morgan fingerprint density at radius 3 is 2.50 bits per heavy atom. The van der Waals surface area contributed by atoms with Crippen molar-refractivity contribution < 1.29 is 9.47 Å². The summed E-state index contributed by atoms with van der Waals surface area (Å²) in [6, 6.07) is 1.85. The third kappa shape index (κ3) is 6.19. The molecular formula is C15H27N3O2. The number of methoxy groups -OCH3 is 1. The van der Waals surface area contributed by atoms with Gasteiger partial charge in [0.1, 0.15) is 18.2 Å². The average molecular weight is 281 g/mol. The molecule has 1 heterocycles. The number of hydrogen-bond acceptors (Lipinski definition) is 5. The highest BCUT2D eigenvalue weighted by molar-refractivity contribution is 5.38. The standard InChI is InChI=1S/C15H27N3O2/c1-11(2)6-7-16-13-10-14(20-9-8-19-5)18-15(17-13)12(3)4/h10-12H,6-9H2,1-5H3,(H,16,17,18). The molecule has 0 spiro atoms. The van der Waals surface area contributed by atoms with Crippen molar-refractivity contribution >= 4 is 5.82 Å². The molecule has 114 valence electrons. The molecule has 0 radical (unpaired) electrons. The van der Waals surface area contributed by atoms with E-state index < -0.39 is 0 Å². The first-order valence-corrected chi connectivity index (χ1v) is 7.27. The van der Waals surface area contributed by atoms with E-state index in [2.05, 4.69) is 43.0 Å². The number of hydrogen-bond donors (Lipinski definition) is 1. The highest BCUT2D eigenvalue weighted by Gasteiger charge is 2.09. The Labute approximate surface area is 122 Å². The fourth-order valence-electron chi connectivity index (χ4n) is 1.58. The monoisotopic (exact) mass is 281 g/mol. The van der Waals surface area contributed by atoms with Crippen LogP contribution in [0.1, 0.15) is 45.9 Å². The Morgan fingerprint density at radius 2 is 1.90 bits per heavy atom. The van der Waals surface area contributed by atoms with Gasteiger partial charge in [-0.3, -0.25) is 0 Å². The molecule has 0 atom stereocenters. The van der Waals surface area contributed by atoms with Gasteiger partial charge in [-0.25, -0.2) is 4.98 Å². The van der Waals surface area contributed by atoms with E-state index in [0.717, 1.165) is 24.6 Å². The van der Waals surface area contributed by atoms with E-state index in [1.54, 1.807) is 7.11 Å². The normalized spacial score (nSPS) is 11.2. The summed E-state index contributed by atoms with van der Waals surface area (Å²) in [5, 5.41) is 3.34. The lowest BCUT2D eigenvalue weighted by Crippen LogP contribution is -2.11. The maximum Gasteiger partial charge on any atom is 0.218 e. The lowest BCUT2D eigenvalue weighted by atomic mass is 10.1. The van der Waals surface area contributed by atoms with E-state index in [1.165, 1.54) is 0 Å². The molecule has 0 aliphatic rings. The summed E-state index contributed by atoms with van der Waals surface area (Å²) >= 11 is 0. The lowest BCUT2D eigenvalue weighted by molar-refractivity contribution is 0.143. The predicted molar refractivity (Wildman–Crippen MR) is 81.4 cm³/mol. The van der Waals surface area contributed by atoms with Crippen molar-refractivity contribution in [1.82, 2.24) is 9.97 Å². The lowest BCUT2D eigenvalue weighted by Gasteiger charge is -2.13. The molecule has 0 bridgehead atoms. The molecule has 0 aliphatic carbocycles. The zero-order chi connectivity index (χ0) is 15.0. The Kier molecular flexibility index (Phi) is 7.30. The number of rotatable bonds is 9. The van der Waals surface area contributed by atoms with Gasteiger partial charge in [-0.1, -0.05) is 27.7 Å². The third-order valence-electron chi connectivity index (χ3n) is 2.80. The van der Waals surface area contributed by atoms with Crippen LogP contribution in [0, 0.1) is 5.92 Å². The van der Waals surface area contributed by atoms with Gasteiger partial charge in [0.05, 0.1) is 6.61 Å². The second-order valence-corrected chi connectivity index (χ2v) is 5.55. The third-order valence-corrected chi connectivity index (χ3v) is 2.80. The minimum atomic E-state index is 0.270. The van der Waals surface area contributed by atoms with Crippen molar-refractivity contribution in [2.75, 3.05) is 32.2 Å². The van der Waals surface area contributed by atoms with Gasteiger partial charge >= 0.3 is 0 Å². The van der Waals surface area contributed by atoms with Gasteiger partial charge in [0.15, 0.2) is 0 Å². The first-order chi connectivity index (χ1) is 9.52. The molecule has 1 rings (SSSR count). The topological polar surface area (TPSA) is 56.3 Å². The Morgan fingerprint density at radius 1 is 1.15 bits per heavy atom. The average Bonchev–Trinajstić information content (AvgIpc) is 2.38. The molecule has 1 aromatic rings. The fraction of sp³-hybridized carbons (Fsp3) is 0.733. The first-order valence-electron chi connectivity index (χ1n) is 7.27. The van der Waals surface area contributed by atoms with E-state index in [4.69, 9.17) is 9.47 Å². The molecule has 1 N–H and O–H groups in total. The van der Waals surface area contributed by atoms with Gasteiger partial charge in [-0.05, 0) is 12.3 Å². The molecule has 5 heteroatoms. The molecular weight excluding hydrogens is 254 g/mol. The zero-order valence-corrected chi connectivity index (χ0v) is 13.3. The molecule has 0 unspecified atom stereocenters. The maximum atomic E-state index is 5.59. The summed E-state index contributed by atoms with van der Waals surface area (Å²) in [5.74, 6) is 3.18. The number of ether oxygens (including phenoxy) is 2. The van der Waals surface area contributed by atoms with Crippen molar-refractivity contribution in [3.8, 4) is 5.88 Å². The van der Waals surface area contributed by atoms with E-state index >= 15 is 0 Å². The van der Waals surface area contributed by atoms with Crippen LogP contribution in [0.2, 0.25) is 0 Å². The SMILES string of the molecule is COCCOc1cc(NCCC(C)C)nc(C(C)C)n1. The zero-order valence-electron chi connectivity index (χ0n) is 13.3. The highest BCUT2D eigenvalue weighted by Crippen LogP contribution is 2.18. The second-order valence-electron chi connectivity index (χ2n) is 5.55. The van der Waals surface area contributed by atoms with E-state index in [0.29, 0.717) is 25.0 Å². The predicted octanol–water partition coefficient (Wildman–Crippen LogP) is 3.08. The fourth-order valence-corrected chi connectivity index (χ4v) is 1.58. The Bertz CT molecular complexity index is 395. The minimum absolute atomic E-state index is 0.270. The van der Waals surface area contributed by atoms with Crippen molar-refractivity contribution in [3.05, 3.63) is 11.9 Å². The van der Waals surface area contributed by atoms with Crippen LogP contribution in [0.25, 0.3) is 0 Å². The number of anilines is 1. The highest BCUT2D eigenvalue weighted by atomic mass is 16.5. The molecule has 0 amide bonds. The molecule has 1 aromatic heterocycles. The maximum absolute atomic E-state index is 5.59. The molecule has 0 fully saturated rings. The van der Waals surface area contributed by atoms with E-state index in [1.807, 2.05) is 6.07 Å². The molecule has 5 nitrogen and oxygen atoms in total. The van der Waals surface area contributed by atoms with Crippen LogP contribution in [0.5, 0.6) is 5.88 Å². The van der Waals surface area contributed by atoms with Crippen molar-refractivity contribution in [1.29, 1.82) is 0 Å². The summed E-state index contributed by atoms with van der Waals surface area (Å²) in [6.07, 6.45) is 1.11. The van der Waals surface area contributed by atoms with Crippen LogP contribution in [-0.2, 0) is 4.74 Å². The van der Waals surface area contributed by atoms with E-state index in [9.17, 15) is 0 Å². The summed E-state index contributed by atoms with van der Waals surface area (Å²) in [6.45, 7) is 10.5. The summed E-state index contributed by atoms with van der Waals surface area (Å²) < 4.78 is 10.6. The van der Waals surface area contributed by atoms with E-state index in [-0.39, 0.29) is 5.92 Å². The van der Waals surface area contributed by atoms with Crippen LogP contribution in [0.15, 0.2) is 6.07 Å². The minimum Gasteiger partial charge on any atom is -0.475 e. The van der Waals surface area contributed by atoms with Crippen LogP contribution < -0.4 is 10.1 Å².